The van der Waals surface area contributed by atoms with Gasteiger partial charge in [0.15, 0.2) is 0 Å². The van der Waals surface area contributed by atoms with Crippen molar-refractivity contribution < 1.29 is 4.79 Å². The molecule has 0 unspecified atom stereocenters. The number of nitrogens with two attached hydrogens (primary N) is 1. The summed E-state index contributed by atoms with van der Waals surface area (Å²) in [6, 6.07) is 0. The van der Waals surface area contributed by atoms with Crippen molar-refractivity contribution in [3.63, 3.8) is 0 Å². The third-order valence-corrected chi connectivity index (χ3v) is 4.49. The predicted molar refractivity (Wildman–Crippen MR) is 68.3 cm³/mol. The van der Waals surface area contributed by atoms with Crippen molar-refractivity contribution in [2.24, 2.45) is 17.1 Å². The zero-order chi connectivity index (χ0) is 12.0. The SMILES string of the molecule is CCC(CC)(CN)C(=O)C1CCCCCC1. The van der Waals surface area contributed by atoms with Crippen molar-refractivity contribution in [3.8, 4) is 0 Å². The Morgan fingerprint density at radius 1 is 1.12 bits per heavy atom. The monoisotopic (exact) mass is 225 g/mol. The molecule has 0 aromatic carbocycles. The second kappa shape index (κ2) is 6.39. The summed E-state index contributed by atoms with van der Waals surface area (Å²) in [5.41, 5.74) is 5.63. The molecule has 2 heteroatoms. The first-order chi connectivity index (χ1) is 7.70. The molecule has 0 radical (unpaired) electrons. The van der Waals surface area contributed by atoms with Gasteiger partial charge < -0.3 is 5.73 Å². The van der Waals surface area contributed by atoms with Crippen LogP contribution in [0.15, 0.2) is 0 Å². The Morgan fingerprint density at radius 3 is 2.00 bits per heavy atom. The lowest BCUT2D eigenvalue weighted by Crippen LogP contribution is -2.41. The molecule has 16 heavy (non-hydrogen) atoms. The summed E-state index contributed by atoms with van der Waals surface area (Å²) < 4.78 is 0. The molecule has 0 aromatic heterocycles. The van der Waals surface area contributed by atoms with Gasteiger partial charge in [0.05, 0.1) is 0 Å². The van der Waals surface area contributed by atoms with Crippen LogP contribution in [0.2, 0.25) is 0 Å². The first-order valence-electron chi connectivity index (χ1n) is 6.94. The Balaban J connectivity index is 2.72. The molecule has 2 N–H and O–H groups in total. The maximum atomic E-state index is 12.6. The summed E-state index contributed by atoms with van der Waals surface area (Å²) in [4.78, 5) is 12.6. The molecule has 94 valence electrons. The molecule has 1 rings (SSSR count). The van der Waals surface area contributed by atoms with Gasteiger partial charge in [0.2, 0.25) is 0 Å². The van der Waals surface area contributed by atoms with Crippen LogP contribution in [0, 0.1) is 11.3 Å². The number of carbonyl (C=O) groups is 1. The second-order valence-electron chi connectivity index (χ2n) is 5.24. The van der Waals surface area contributed by atoms with E-state index in [9.17, 15) is 4.79 Å². The molecule has 0 heterocycles. The third-order valence-electron chi connectivity index (χ3n) is 4.49. The molecule has 1 aliphatic carbocycles. The molecule has 0 aromatic rings. The van der Waals surface area contributed by atoms with Gasteiger partial charge in [-0.1, -0.05) is 39.5 Å². The lowest BCUT2D eigenvalue weighted by atomic mass is 9.72. The average molecular weight is 225 g/mol. The van der Waals surface area contributed by atoms with Gasteiger partial charge in [-0.2, -0.15) is 0 Å². The van der Waals surface area contributed by atoms with Gasteiger partial charge in [-0.25, -0.2) is 0 Å². The molecule has 0 spiro atoms. The third kappa shape index (κ3) is 2.85. The molecule has 0 bridgehead atoms. The minimum Gasteiger partial charge on any atom is -0.329 e. The zero-order valence-electron chi connectivity index (χ0n) is 10.9. The number of rotatable bonds is 5. The van der Waals surface area contributed by atoms with E-state index in [4.69, 9.17) is 5.73 Å². The molecule has 0 aliphatic heterocycles. The van der Waals surface area contributed by atoms with Crippen LogP contribution in [0.1, 0.15) is 65.2 Å². The summed E-state index contributed by atoms with van der Waals surface area (Å²) in [5.74, 6) is 0.757. The van der Waals surface area contributed by atoms with E-state index in [0.717, 1.165) is 25.7 Å². The van der Waals surface area contributed by atoms with Crippen molar-refractivity contribution >= 4 is 5.78 Å². The highest BCUT2D eigenvalue weighted by Crippen LogP contribution is 2.34. The Kier molecular flexibility index (Phi) is 5.47. The maximum Gasteiger partial charge on any atom is 0.143 e. The minimum atomic E-state index is -0.227. The zero-order valence-corrected chi connectivity index (χ0v) is 10.9. The predicted octanol–water partition coefficient (Wildman–Crippen LogP) is 3.29. The Bertz CT molecular complexity index is 205. The summed E-state index contributed by atoms with van der Waals surface area (Å²) in [5, 5.41) is 0. The molecule has 1 aliphatic rings. The first kappa shape index (κ1) is 13.7. The highest BCUT2D eigenvalue weighted by molar-refractivity contribution is 5.87. The summed E-state index contributed by atoms with van der Waals surface area (Å²) in [7, 11) is 0. The lowest BCUT2D eigenvalue weighted by molar-refractivity contribution is -0.133. The van der Waals surface area contributed by atoms with E-state index < -0.39 is 0 Å². The standard InChI is InChI=1S/C14H27NO/c1-3-14(4-2,11-15)13(16)12-9-7-5-6-8-10-12/h12H,3-11,15H2,1-2H3. The fourth-order valence-corrected chi connectivity index (χ4v) is 2.96. The van der Waals surface area contributed by atoms with Crippen LogP contribution >= 0.6 is 0 Å². The van der Waals surface area contributed by atoms with Crippen molar-refractivity contribution in [1.82, 2.24) is 0 Å². The lowest BCUT2D eigenvalue weighted by Gasteiger charge is -2.32. The largest absolute Gasteiger partial charge is 0.329 e. The van der Waals surface area contributed by atoms with Gasteiger partial charge in [0, 0.05) is 17.9 Å². The first-order valence-corrected chi connectivity index (χ1v) is 6.94. The van der Waals surface area contributed by atoms with Gasteiger partial charge in [0.25, 0.3) is 0 Å². The van der Waals surface area contributed by atoms with E-state index in [1.807, 2.05) is 0 Å². The molecule has 0 saturated heterocycles. The minimum absolute atomic E-state index is 0.227. The second-order valence-corrected chi connectivity index (χ2v) is 5.24. The Labute approximate surface area is 100.0 Å². The van der Waals surface area contributed by atoms with Crippen molar-refractivity contribution in [2.75, 3.05) is 6.54 Å². The number of hydrogen-bond acceptors (Lipinski definition) is 2. The highest BCUT2D eigenvalue weighted by atomic mass is 16.1. The fourth-order valence-electron chi connectivity index (χ4n) is 2.96. The van der Waals surface area contributed by atoms with E-state index in [0.29, 0.717) is 18.2 Å². The van der Waals surface area contributed by atoms with E-state index in [2.05, 4.69) is 13.8 Å². The van der Waals surface area contributed by atoms with Crippen molar-refractivity contribution in [2.45, 2.75) is 65.2 Å². The van der Waals surface area contributed by atoms with Crippen LogP contribution < -0.4 is 5.73 Å². The quantitative estimate of drug-likeness (QED) is 0.730. The van der Waals surface area contributed by atoms with E-state index in [-0.39, 0.29) is 5.41 Å². The maximum absolute atomic E-state index is 12.6. The van der Waals surface area contributed by atoms with Gasteiger partial charge in [-0.05, 0) is 25.7 Å². The molecule has 0 atom stereocenters. The van der Waals surface area contributed by atoms with E-state index in [1.165, 1.54) is 25.7 Å². The van der Waals surface area contributed by atoms with E-state index >= 15 is 0 Å². The number of carbonyl (C=O) groups excluding carboxylic acids is 1. The van der Waals surface area contributed by atoms with Crippen molar-refractivity contribution in [1.29, 1.82) is 0 Å². The Morgan fingerprint density at radius 2 is 1.62 bits per heavy atom. The fraction of sp³-hybridized carbons (Fsp3) is 0.929. The average Bonchev–Trinajstić information content (AvgIpc) is 2.60. The molecular weight excluding hydrogens is 198 g/mol. The van der Waals surface area contributed by atoms with Gasteiger partial charge in [-0.3, -0.25) is 4.79 Å². The van der Waals surface area contributed by atoms with Crippen LogP contribution in [-0.2, 0) is 4.79 Å². The molecule has 0 amide bonds. The van der Waals surface area contributed by atoms with Crippen LogP contribution in [0.5, 0.6) is 0 Å². The number of ketones is 1. The summed E-state index contributed by atoms with van der Waals surface area (Å²) in [6.07, 6.45) is 9.05. The summed E-state index contributed by atoms with van der Waals surface area (Å²) in [6.45, 7) is 4.73. The van der Waals surface area contributed by atoms with Gasteiger partial charge in [0.1, 0.15) is 5.78 Å². The smallest absolute Gasteiger partial charge is 0.143 e. The van der Waals surface area contributed by atoms with Gasteiger partial charge in [-0.15, -0.1) is 0 Å². The molecular formula is C14H27NO. The highest BCUT2D eigenvalue weighted by Gasteiger charge is 2.37. The number of Topliss-reactive ketones (excluding diaryl/α,β-unsaturated/α-hetero) is 1. The Hall–Kier alpha value is -0.370. The molecule has 2 nitrogen and oxygen atoms in total. The van der Waals surface area contributed by atoms with Gasteiger partial charge >= 0.3 is 0 Å². The van der Waals surface area contributed by atoms with Crippen LogP contribution in [0.4, 0.5) is 0 Å². The molecule has 1 saturated carbocycles. The van der Waals surface area contributed by atoms with E-state index in [1.54, 1.807) is 0 Å². The topological polar surface area (TPSA) is 43.1 Å². The summed E-state index contributed by atoms with van der Waals surface area (Å²) >= 11 is 0. The molecule has 1 fully saturated rings. The van der Waals surface area contributed by atoms with Crippen LogP contribution in [-0.4, -0.2) is 12.3 Å². The van der Waals surface area contributed by atoms with Crippen LogP contribution in [0.3, 0.4) is 0 Å². The van der Waals surface area contributed by atoms with Crippen LogP contribution in [0.25, 0.3) is 0 Å². The normalized spacial score (nSPS) is 19.4. The number of hydrogen-bond donors (Lipinski definition) is 1. The van der Waals surface area contributed by atoms with Crippen molar-refractivity contribution in [3.05, 3.63) is 0 Å².